The van der Waals surface area contributed by atoms with E-state index in [-0.39, 0.29) is 24.4 Å². The minimum Gasteiger partial charge on any atom is -0.336 e. The summed E-state index contributed by atoms with van der Waals surface area (Å²) >= 11 is 0. The Bertz CT molecular complexity index is 811. The van der Waals surface area contributed by atoms with Crippen LogP contribution in [0.25, 0.3) is 0 Å². The second-order valence-corrected chi connectivity index (χ2v) is 7.80. The molecule has 0 radical (unpaired) electrons. The van der Waals surface area contributed by atoms with Gasteiger partial charge in [-0.3, -0.25) is 19.7 Å². The first-order valence-corrected chi connectivity index (χ1v) is 10.1. The van der Waals surface area contributed by atoms with Crippen molar-refractivity contribution in [1.82, 2.24) is 15.3 Å². The third-order valence-corrected chi connectivity index (χ3v) is 5.56. The third kappa shape index (κ3) is 5.43. The van der Waals surface area contributed by atoms with Gasteiger partial charge in [-0.2, -0.15) is 0 Å². The number of carbonyl (C=O) groups is 2. The maximum absolute atomic E-state index is 13.0. The number of hydrogen-bond donors (Lipinski definition) is 2. The number of nitrogens with zero attached hydrogens (tertiary/aromatic N) is 2. The quantitative estimate of drug-likeness (QED) is 0.583. The van der Waals surface area contributed by atoms with Gasteiger partial charge in [0.15, 0.2) is 0 Å². The maximum atomic E-state index is 13.0. The molecule has 1 fully saturated rings. The van der Waals surface area contributed by atoms with Gasteiger partial charge in [-0.25, -0.2) is 5.48 Å². The zero-order valence-corrected chi connectivity index (χ0v) is 17.0. The van der Waals surface area contributed by atoms with Crippen molar-refractivity contribution in [3.8, 4) is 0 Å². The van der Waals surface area contributed by atoms with Crippen LogP contribution < -0.4 is 5.48 Å². The van der Waals surface area contributed by atoms with Gasteiger partial charge in [0.05, 0.1) is 0 Å². The van der Waals surface area contributed by atoms with Crippen molar-refractivity contribution in [2.75, 3.05) is 13.1 Å². The Morgan fingerprint density at radius 3 is 2.17 bits per heavy atom. The van der Waals surface area contributed by atoms with Gasteiger partial charge in [0.25, 0.3) is 5.91 Å². The summed E-state index contributed by atoms with van der Waals surface area (Å²) < 4.78 is 0. The molecule has 1 heterocycles. The molecule has 6 nitrogen and oxygen atoms in total. The van der Waals surface area contributed by atoms with E-state index in [0.29, 0.717) is 25.1 Å². The molecule has 3 rings (SSSR count). The number of benzene rings is 2. The number of nitrogens with one attached hydrogen (secondary N) is 1. The van der Waals surface area contributed by atoms with Crippen LogP contribution in [0.3, 0.4) is 0 Å². The van der Waals surface area contributed by atoms with Crippen LogP contribution in [0.4, 0.5) is 0 Å². The highest BCUT2D eigenvalue weighted by Gasteiger charge is 2.32. The smallest absolute Gasteiger partial charge is 0.253 e. The van der Waals surface area contributed by atoms with Crippen molar-refractivity contribution < 1.29 is 14.8 Å². The normalized spacial score (nSPS) is 19.8. The average Bonchev–Trinajstić information content (AvgIpc) is 2.75. The molecule has 29 heavy (non-hydrogen) atoms. The standard InChI is InChI=1S/C23H29N3O3/c1-17-14-25(15-18(2)26(17)16-20-6-4-3-5-7-20)23(28)21-11-8-19(9-12-21)10-13-22(27)24-29/h3-9,11-12,17-18,29H,10,13-16H2,1-2H3,(H,24,27)/t17-,18+. The predicted octanol–water partition coefficient (Wildman–Crippen LogP) is 2.86. The number of carbonyl (C=O) groups excluding carboxylic acids is 2. The second-order valence-electron chi connectivity index (χ2n) is 7.80. The Morgan fingerprint density at radius 2 is 1.59 bits per heavy atom. The molecule has 2 aromatic carbocycles. The van der Waals surface area contributed by atoms with Gasteiger partial charge in [-0.1, -0.05) is 42.5 Å². The van der Waals surface area contributed by atoms with Gasteiger partial charge in [0.2, 0.25) is 5.91 Å². The molecule has 2 N–H and O–H groups in total. The summed E-state index contributed by atoms with van der Waals surface area (Å²) in [6.07, 6.45) is 0.731. The van der Waals surface area contributed by atoms with E-state index in [2.05, 4.69) is 43.0 Å². The summed E-state index contributed by atoms with van der Waals surface area (Å²) in [4.78, 5) is 28.5. The molecule has 2 amide bonds. The Morgan fingerprint density at radius 1 is 0.966 bits per heavy atom. The first-order valence-electron chi connectivity index (χ1n) is 10.1. The number of hydroxylamine groups is 1. The summed E-state index contributed by atoms with van der Waals surface area (Å²) in [6.45, 7) is 6.65. The minimum absolute atomic E-state index is 0.0442. The van der Waals surface area contributed by atoms with E-state index in [9.17, 15) is 9.59 Å². The van der Waals surface area contributed by atoms with Crippen molar-refractivity contribution in [1.29, 1.82) is 0 Å². The largest absolute Gasteiger partial charge is 0.336 e. The molecule has 1 aliphatic heterocycles. The highest BCUT2D eigenvalue weighted by Crippen LogP contribution is 2.21. The van der Waals surface area contributed by atoms with Gasteiger partial charge in [-0.05, 0) is 43.5 Å². The number of rotatable bonds is 6. The van der Waals surface area contributed by atoms with E-state index in [1.807, 2.05) is 35.2 Å². The highest BCUT2D eigenvalue weighted by molar-refractivity contribution is 5.94. The topological polar surface area (TPSA) is 72.9 Å². The van der Waals surface area contributed by atoms with Crippen LogP contribution in [0.2, 0.25) is 0 Å². The van der Waals surface area contributed by atoms with Crippen molar-refractivity contribution in [3.63, 3.8) is 0 Å². The fourth-order valence-corrected chi connectivity index (χ4v) is 3.94. The number of hydrogen-bond acceptors (Lipinski definition) is 4. The number of aryl methyl sites for hydroxylation is 1. The van der Waals surface area contributed by atoms with E-state index in [1.54, 1.807) is 5.48 Å². The van der Waals surface area contributed by atoms with Gasteiger partial charge in [-0.15, -0.1) is 0 Å². The maximum Gasteiger partial charge on any atom is 0.253 e. The first-order chi connectivity index (χ1) is 14.0. The number of piperazine rings is 1. The van der Waals surface area contributed by atoms with Crippen LogP contribution >= 0.6 is 0 Å². The fourth-order valence-electron chi connectivity index (χ4n) is 3.94. The summed E-state index contributed by atoms with van der Waals surface area (Å²) in [5, 5.41) is 8.56. The van der Waals surface area contributed by atoms with Crippen molar-refractivity contribution in [2.24, 2.45) is 0 Å². The van der Waals surface area contributed by atoms with Crippen LogP contribution in [0.1, 0.15) is 41.8 Å². The highest BCUT2D eigenvalue weighted by atomic mass is 16.5. The van der Waals surface area contributed by atoms with Crippen LogP contribution in [0.15, 0.2) is 54.6 Å². The summed E-state index contributed by atoms with van der Waals surface area (Å²) in [6, 6.07) is 18.4. The predicted molar refractivity (Wildman–Crippen MR) is 112 cm³/mol. The lowest BCUT2D eigenvalue weighted by molar-refractivity contribution is -0.129. The van der Waals surface area contributed by atoms with E-state index < -0.39 is 5.91 Å². The summed E-state index contributed by atoms with van der Waals surface area (Å²) in [7, 11) is 0. The molecule has 0 unspecified atom stereocenters. The zero-order chi connectivity index (χ0) is 20.8. The first kappa shape index (κ1) is 21.0. The lowest BCUT2D eigenvalue weighted by Gasteiger charge is -2.44. The number of amides is 2. The Balaban J connectivity index is 1.60. The van der Waals surface area contributed by atoms with E-state index in [4.69, 9.17) is 5.21 Å². The van der Waals surface area contributed by atoms with E-state index in [1.165, 1.54) is 5.56 Å². The lowest BCUT2D eigenvalue weighted by Crippen LogP contribution is -2.57. The second kappa shape index (κ2) is 9.67. The van der Waals surface area contributed by atoms with Gasteiger partial charge >= 0.3 is 0 Å². The van der Waals surface area contributed by atoms with Gasteiger partial charge < -0.3 is 4.90 Å². The molecular formula is C23H29N3O3. The van der Waals surface area contributed by atoms with Crippen LogP contribution in [-0.4, -0.2) is 52.0 Å². The van der Waals surface area contributed by atoms with Crippen molar-refractivity contribution in [2.45, 2.75) is 45.3 Å². The molecule has 0 bridgehead atoms. The summed E-state index contributed by atoms with van der Waals surface area (Å²) in [5.41, 5.74) is 4.54. The molecule has 154 valence electrons. The molecule has 1 saturated heterocycles. The molecule has 6 heteroatoms. The Labute approximate surface area is 172 Å². The lowest BCUT2D eigenvalue weighted by atomic mass is 10.0. The van der Waals surface area contributed by atoms with Crippen LogP contribution in [0, 0.1) is 0 Å². The summed E-state index contributed by atoms with van der Waals surface area (Å²) in [5.74, 6) is -0.371. The molecule has 1 aliphatic rings. The molecule has 0 aromatic heterocycles. The fraction of sp³-hybridized carbons (Fsp3) is 0.391. The molecule has 2 atom stereocenters. The molecule has 0 spiro atoms. The van der Waals surface area contributed by atoms with Gasteiger partial charge in [0, 0.05) is 43.7 Å². The molecule has 2 aromatic rings. The van der Waals surface area contributed by atoms with E-state index in [0.717, 1.165) is 12.1 Å². The van der Waals surface area contributed by atoms with Gasteiger partial charge in [0.1, 0.15) is 0 Å². The van der Waals surface area contributed by atoms with Crippen LogP contribution in [0.5, 0.6) is 0 Å². The average molecular weight is 396 g/mol. The van der Waals surface area contributed by atoms with E-state index >= 15 is 0 Å². The Kier molecular flexibility index (Phi) is 7.01. The molecule has 0 saturated carbocycles. The third-order valence-electron chi connectivity index (χ3n) is 5.56. The van der Waals surface area contributed by atoms with Crippen molar-refractivity contribution >= 4 is 11.8 Å². The molecular weight excluding hydrogens is 366 g/mol. The monoisotopic (exact) mass is 395 g/mol. The minimum atomic E-state index is -0.415. The molecule has 0 aliphatic carbocycles. The zero-order valence-electron chi connectivity index (χ0n) is 17.0. The van der Waals surface area contributed by atoms with Crippen molar-refractivity contribution in [3.05, 3.63) is 71.3 Å². The SMILES string of the molecule is C[C@@H]1CN(C(=O)c2ccc(CCC(=O)NO)cc2)C[C@H](C)N1Cc1ccccc1. The van der Waals surface area contributed by atoms with Crippen LogP contribution in [-0.2, 0) is 17.8 Å². The Hall–Kier alpha value is -2.70.